The number of benzene rings is 2. The molecular weight excluding hydrogens is 362 g/mol. The molecular formula is C24H27N3O2. The maximum absolute atomic E-state index is 12.6. The number of likely N-dealkylation sites (tertiary alicyclic amines) is 1. The van der Waals surface area contributed by atoms with E-state index >= 15 is 0 Å². The molecule has 4 rings (SSSR count). The molecule has 1 amide bonds. The molecule has 0 unspecified atom stereocenters. The fraction of sp³-hybridized carbons (Fsp3) is 0.333. The third kappa shape index (κ3) is 5.33. The minimum atomic E-state index is 0.221. The number of ether oxygens (including phenoxy) is 1. The lowest BCUT2D eigenvalue weighted by atomic mass is 10.1. The lowest BCUT2D eigenvalue weighted by molar-refractivity contribution is -0.134. The highest BCUT2D eigenvalue weighted by Crippen LogP contribution is 2.17. The van der Waals surface area contributed by atoms with Gasteiger partial charge in [0.1, 0.15) is 0 Å². The number of rotatable bonds is 7. The highest BCUT2D eigenvalue weighted by Gasteiger charge is 2.23. The van der Waals surface area contributed by atoms with Gasteiger partial charge in [-0.25, -0.2) is 4.68 Å². The van der Waals surface area contributed by atoms with Crippen LogP contribution in [0.15, 0.2) is 73.1 Å². The van der Waals surface area contributed by atoms with E-state index in [1.165, 1.54) is 5.56 Å². The Morgan fingerprint density at radius 2 is 1.66 bits per heavy atom. The van der Waals surface area contributed by atoms with Crippen molar-refractivity contribution in [2.75, 3.05) is 13.1 Å². The van der Waals surface area contributed by atoms with Crippen molar-refractivity contribution in [2.45, 2.75) is 38.4 Å². The van der Waals surface area contributed by atoms with Crippen LogP contribution in [0.1, 0.15) is 30.4 Å². The van der Waals surface area contributed by atoms with E-state index in [-0.39, 0.29) is 12.0 Å². The van der Waals surface area contributed by atoms with Gasteiger partial charge in [0.2, 0.25) is 5.91 Å². The number of hydrogen-bond acceptors (Lipinski definition) is 3. The number of piperidine rings is 1. The van der Waals surface area contributed by atoms with Gasteiger partial charge in [0.25, 0.3) is 0 Å². The third-order valence-corrected chi connectivity index (χ3v) is 5.41. The van der Waals surface area contributed by atoms with Crippen molar-refractivity contribution in [3.8, 4) is 5.69 Å². The van der Waals surface area contributed by atoms with Crippen molar-refractivity contribution in [1.29, 1.82) is 0 Å². The van der Waals surface area contributed by atoms with Crippen LogP contribution in [0.4, 0.5) is 0 Å². The molecule has 5 heteroatoms. The van der Waals surface area contributed by atoms with Gasteiger partial charge in [-0.15, -0.1) is 0 Å². The molecule has 0 aliphatic carbocycles. The van der Waals surface area contributed by atoms with Crippen LogP contribution in [0.3, 0.4) is 0 Å². The van der Waals surface area contributed by atoms with Crippen LogP contribution in [0, 0.1) is 0 Å². The van der Waals surface area contributed by atoms with Crippen molar-refractivity contribution in [3.05, 3.63) is 84.2 Å². The SMILES string of the molecule is O=C(CCc1cnn(-c2ccccc2)c1)N1CCC(OCc2ccccc2)CC1. The molecule has 29 heavy (non-hydrogen) atoms. The van der Waals surface area contributed by atoms with Crippen LogP contribution in [-0.2, 0) is 22.6 Å². The first-order valence-electron chi connectivity index (χ1n) is 10.3. The molecule has 1 aliphatic rings. The highest BCUT2D eigenvalue weighted by molar-refractivity contribution is 5.76. The zero-order chi connectivity index (χ0) is 19.9. The minimum Gasteiger partial charge on any atom is -0.373 e. The number of hydrogen-bond donors (Lipinski definition) is 0. The second-order valence-electron chi connectivity index (χ2n) is 7.51. The van der Waals surface area contributed by atoms with Crippen molar-refractivity contribution in [2.24, 2.45) is 0 Å². The Balaban J connectivity index is 1.20. The molecule has 0 N–H and O–H groups in total. The number of aromatic nitrogens is 2. The number of aryl methyl sites for hydroxylation is 1. The van der Waals surface area contributed by atoms with Gasteiger partial charge in [-0.3, -0.25) is 4.79 Å². The molecule has 1 aromatic heterocycles. The summed E-state index contributed by atoms with van der Waals surface area (Å²) < 4.78 is 7.88. The molecule has 0 bridgehead atoms. The monoisotopic (exact) mass is 389 g/mol. The van der Waals surface area contributed by atoms with Crippen molar-refractivity contribution in [1.82, 2.24) is 14.7 Å². The van der Waals surface area contributed by atoms with Gasteiger partial charge < -0.3 is 9.64 Å². The first kappa shape index (κ1) is 19.4. The van der Waals surface area contributed by atoms with E-state index in [1.54, 1.807) is 0 Å². The maximum atomic E-state index is 12.6. The second-order valence-corrected chi connectivity index (χ2v) is 7.51. The first-order chi connectivity index (χ1) is 14.3. The van der Waals surface area contributed by atoms with Crippen molar-refractivity contribution < 1.29 is 9.53 Å². The summed E-state index contributed by atoms with van der Waals surface area (Å²) >= 11 is 0. The van der Waals surface area contributed by atoms with Crippen LogP contribution < -0.4 is 0 Å². The van der Waals surface area contributed by atoms with Gasteiger partial charge in [-0.2, -0.15) is 5.10 Å². The van der Waals surface area contributed by atoms with E-state index in [1.807, 2.05) is 70.5 Å². The predicted octanol–water partition coefficient (Wildman–Crippen LogP) is 4.01. The first-order valence-corrected chi connectivity index (χ1v) is 10.3. The summed E-state index contributed by atoms with van der Waals surface area (Å²) in [7, 11) is 0. The molecule has 2 aromatic carbocycles. The van der Waals surface area contributed by atoms with Crippen molar-refractivity contribution >= 4 is 5.91 Å². The molecule has 150 valence electrons. The predicted molar refractivity (Wildman–Crippen MR) is 113 cm³/mol. The lowest BCUT2D eigenvalue weighted by Gasteiger charge is -2.32. The molecule has 5 nitrogen and oxygen atoms in total. The number of carbonyl (C=O) groups is 1. The number of nitrogens with zero attached hydrogens (tertiary/aromatic N) is 3. The van der Waals surface area contributed by atoms with Gasteiger partial charge in [0.05, 0.1) is 24.6 Å². The molecule has 0 radical (unpaired) electrons. The largest absolute Gasteiger partial charge is 0.373 e. The Hall–Kier alpha value is -2.92. The molecule has 3 aromatic rings. The molecule has 1 saturated heterocycles. The van der Waals surface area contributed by atoms with Crippen LogP contribution in [0.25, 0.3) is 5.69 Å². The molecule has 1 aliphatic heterocycles. The number of para-hydroxylation sites is 1. The smallest absolute Gasteiger partial charge is 0.222 e. The van der Waals surface area contributed by atoms with E-state index in [0.717, 1.165) is 43.6 Å². The van der Waals surface area contributed by atoms with Crippen LogP contribution >= 0.6 is 0 Å². The summed E-state index contributed by atoms with van der Waals surface area (Å²) in [4.78, 5) is 14.6. The summed E-state index contributed by atoms with van der Waals surface area (Å²) in [6.07, 6.45) is 7.15. The Morgan fingerprint density at radius 1 is 0.966 bits per heavy atom. The molecule has 2 heterocycles. The topological polar surface area (TPSA) is 47.4 Å². The average Bonchev–Trinajstić information content (AvgIpc) is 3.27. The average molecular weight is 389 g/mol. The Labute approximate surface area is 171 Å². The van der Waals surface area contributed by atoms with Crippen LogP contribution in [0.5, 0.6) is 0 Å². The van der Waals surface area contributed by atoms with E-state index < -0.39 is 0 Å². The Morgan fingerprint density at radius 3 is 2.38 bits per heavy atom. The van der Waals surface area contributed by atoms with Crippen molar-refractivity contribution in [3.63, 3.8) is 0 Å². The van der Waals surface area contributed by atoms with Crippen LogP contribution in [-0.4, -0.2) is 39.8 Å². The van der Waals surface area contributed by atoms with E-state index in [2.05, 4.69) is 17.2 Å². The Bertz CT molecular complexity index is 900. The van der Waals surface area contributed by atoms with E-state index in [9.17, 15) is 4.79 Å². The Kier molecular flexibility index (Phi) is 6.37. The van der Waals surface area contributed by atoms with Gasteiger partial charge >= 0.3 is 0 Å². The normalized spacial score (nSPS) is 14.8. The number of carbonyl (C=O) groups excluding carboxylic acids is 1. The zero-order valence-corrected chi connectivity index (χ0v) is 16.6. The molecule has 1 fully saturated rings. The summed E-state index contributed by atoms with van der Waals surface area (Å²) in [6, 6.07) is 20.3. The van der Waals surface area contributed by atoms with E-state index in [4.69, 9.17) is 4.74 Å². The number of amides is 1. The zero-order valence-electron chi connectivity index (χ0n) is 16.6. The van der Waals surface area contributed by atoms with E-state index in [0.29, 0.717) is 13.0 Å². The molecule has 0 spiro atoms. The maximum Gasteiger partial charge on any atom is 0.222 e. The minimum absolute atomic E-state index is 0.221. The third-order valence-electron chi connectivity index (χ3n) is 5.41. The second kappa shape index (κ2) is 9.52. The summed E-state index contributed by atoms with van der Waals surface area (Å²) in [5.74, 6) is 0.221. The van der Waals surface area contributed by atoms with Gasteiger partial charge in [0.15, 0.2) is 0 Å². The lowest BCUT2D eigenvalue weighted by Crippen LogP contribution is -2.40. The highest BCUT2D eigenvalue weighted by atomic mass is 16.5. The fourth-order valence-corrected chi connectivity index (χ4v) is 3.68. The van der Waals surface area contributed by atoms with Crippen LogP contribution in [0.2, 0.25) is 0 Å². The molecule has 0 atom stereocenters. The summed E-state index contributed by atoms with van der Waals surface area (Å²) in [6.45, 7) is 2.20. The summed E-state index contributed by atoms with van der Waals surface area (Å²) in [5.41, 5.74) is 3.31. The van der Waals surface area contributed by atoms with Gasteiger partial charge in [0, 0.05) is 25.7 Å². The van der Waals surface area contributed by atoms with Gasteiger partial charge in [-0.1, -0.05) is 48.5 Å². The summed E-state index contributed by atoms with van der Waals surface area (Å²) in [5, 5.41) is 4.41. The standard InChI is InChI=1S/C24H27N3O2/c28-24(12-11-21-17-25-27(18-21)22-9-5-2-6-10-22)26-15-13-23(14-16-26)29-19-20-7-3-1-4-8-20/h1-10,17-18,23H,11-16,19H2. The van der Waals surface area contributed by atoms with Gasteiger partial charge in [-0.05, 0) is 42.5 Å². The molecule has 0 saturated carbocycles. The fourth-order valence-electron chi connectivity index (χ4n) is 3.68. The quantitative estimate of drug-likeness (QED) is 0.613.